The van der Waals surface area contributed by atoms with Crippen molar-refractivity contribution in [3.63, 3.8) is 0 Å². The number of rotatable bonds is 4. The Balaban J connectivity index is 2.23. The Morgan fingerprint density at radius 1 is 1.10 bits per heavy atom. The molecule has 0 fully saturated rings. The summed E-state index contributed by atoms with van der Waals surface area (Å²) in [4.78, 5) is 13.4. The Bertz CT molecular complexity index is 728. The highest BCUT2D eigenvalue weighted by atomic mass is 32.2. The molecule has 0 aliphatic carbocycles. The van der Waals surface area contributed by atoms with Crippen molar-refractivity contribution in [1.29, 1.82) is 0 Å². The molecule has 6 heteroatoms. The molecule has 0 amide bonds. The van der Waals surface area contributed by atoms with Crippen LogP contribution in [-0.2, 0) is 16.6 Å². The molecule has 1 heterocycles. The van der Waals surface area contributed by atoms with Crippen molar-refractivity contribution < 1.29 is 8.42 Å². The van der Waals surface area contributed by atoms with E-state index >= 15 is 0 Å². The number of nitrogens with zero attached hydrogens (tertiary/aromatic N) is 1. The minimum atomic E-state index is -3.60. The number of hydrogen-bond donors (Lipinski definition) is 1. The van der Waals surface area contributed by atoms with Crippen molar-refractivity contribution in [1.82, 2.24) is 9.29 Å². The molecule has 0 atom stereocenters. The molecule has 0 aliphatic rings. The van der Waals surface area contributed by atoms with Crippen LogP contribution in [0.4, 0.5) is 0 Å². The highest BCUT2D eigenvalue weighted by Crippen LogP contribution is 2.15. The molecule has 0 saturated heterocycles. The van der Waals surface area contributed by atoms with E-state index in [1.54, 1.807) is 0 Å². The zero-order valence-electron chi connectivity index (χ0n) is 11.3. The topological polar surface area (TPSA) is 70.2 Å². The third-order valence-corrected chi connectivity index (χ3v) is 4.79. The molecule has 0 bridgehead atoms. The van der Waals surface area contributed by atoms with Crippen LogP contribution in [0.3, 0.4) is 0 Å². The zero-order chi connectivity index (χ0) is 14.8. The number of aromatic amines is 1. The molecule has 0 spiro atoms. The first-order chi connectivity index (χ1) is 9.39. The maximum absolute atomic E-state index is 12.3. The summed E-state index contributed by atoms with van der Waals surface area (Å²) in [6.45, 7) is 2.26. The minimum absolute atomic E-state index is 0.0757. The molecule has 1 aromatic carbocycles. The summed E-state index contributed by atoms with van der Waals surface area (Å²) >= 11 is 0. The summed E-state index contributed by atoms with van der Waals surface area (Å²) in [5.74, 6) is 0. The van der Waals surface area contributed by atoms with E-state index in [9.17, 15) is 13.2 Å². The fourth-order valence-electron chi connectivity index (χ4n) is 1.77. The Kier molecular flexibility index (Phi) is 4.06. The number of H-pyrrole nitrogens is 1. The molecule has 2 aromatic rings. The average Bonchev–Trinajstić information content (AvgIpc) is 2.42. The normalized spacial score (nSPS) is 11.8. The molecule has 0 saturated carbocycles. The first kappa shape index (κ1) is 14.5. The lowest BCUT2D eigenvalue weighted by molar-refractivity contribution is 0.466. The van der Waals surface area contributed by atoms with Crippen molar-refractivity contribution in [2.75, 3.05) is 7.05 Å². The molecule has 1 aromatic heterocycles. The third-order valence-electron chi connectivity index (χ3n) is 2.99. The number of pyridine rings is 1. The van der Waals surface area contributed by atoms with E-state index in [0.717, 1.165) is 11.1 Å². The quantitative estimate of drug-likeness (QED) is 0.928. The summed E-state index contributed by atoms with van der Waals surface area (Å²) in [5.41, 5.74) is 1.70. The lowest BCUT2D eigenvalue weighted by atomic mass is 10.1. The van der Waals surface area contributed by atoms with Gasteiger partial charge < -0.3 is 4.98 Å². The van der Waals surface area contributed by atoms with Gasteiger partial charge in [0.1, 0.15) is 0 Å². The van der Waals surface area contributed by atoms with E-state index in [1.807, 2.05) is 31.2 Å². The Hall–Kier alpha value is -1.92. The number of aryl methyl sites for hydroxylation is 1. The highest BCUT2D eigenvalue weighted by Gasteiger charge is 2.20. The second-order valence-corrected chi connectivity index (χ2v) is 6.68. The van der Waals surface area contributed by atoms with Crippen molar-refractivity contribution in [3.8, 4) is 0 Å². The minimum Gasteiger partial charge on any atom is -0.328 e. The summed E-state index contributed by atoms with van der Waals surface area (Å²) in [7, 11) is -2.09. The average molecular weight is 292 g/mol. The fourth-order valence-corrected chi connectivity index (χ4v) is 2.90. The number of nitrogens with one attached hydrogen (secondary N) is 1. The molecule has 5 nitrogen and oxygen atoms in total. The molecule has 106 valence electrons. The second kappa shape index (κ2) is 5.60. The number of benzene rings is 1. The molecular formula is C14H16N2O3S. The van der Waals surface area contributed by atoms with E-state index in [4.69, 9.17) is 0 Å². The van der Waals surface area contributed by atoms with Crippen LogP contribution in [0.25, 0.3) is 0 Å². The molecule has 1 N–H and O–H groups in total. The highest BCUT2D eigenvalue weighted by molar-refractivity contribution is 7.89. The van der Waals surface area contributed by atoms with Gasteiger partial charge in [0.2, 0.25) is 15.6 Å². The van der Waals surface area contributed by atoms with Crippen molar-refractivity contribution in [2.45, 2.75) is 18.4 Å². The first-order valence-electron chi connectivity index (χ1n) is 6.10. The summed E-state index contributed by atoms with van der Waals surface area (Å²) in [6, 6.07) is 10.2. The number of sulfonamides is 1. The van der Waals surface area contributed by atoms with Gasteiger partial charge in [-0.05, 0) is 18.6 Å². The van der Waals surface area contributed by atoms with Gasteiger partial charge in [-0.2, -0.15) is 4.31 Å². The largest absolute Gasteiger partial charge is 0.328 e. The van der Waals surface area contributed by atoms with Crippen LogP contribution < -0.4 is 5.56 Å². The van der Waals surface area contributed by atoms with E-state index < -0.39 is 10.0 Å². The molecule has 0 aliphatic heterocycles. The Morgan fingerprint density at radius 3 is 2.30 bits per heavy atom. The lowest BCUT2D eigenvalue weighted by Gasteiger charge is -2.17. The summed E-state index contributed by atoms with van der Waals surface area (Å²) in [6.07, 6.45) is 1.21. The van der Waals surface area contributed by atoms with Crippen LogP contribution in [0.1, 0.15) is 11.1 Å². The van der Waals surface area contributed by atoms with Gasteiger partial charge in [0.05, 0.1) is 4.90 Å². The number of hydrogen-bond acceptors (Lipinski definition) is 3. The molecule has 0 radical (unpaired) electrons. The van der Waals surface area contributed by atoms with Gasteiger partial charge in [0, 0.05) is 25.9 Å². The van der Waals surface area contributed by atoms with E-state index in [-0.39, 0.29) is 17.0 Å². The molecule has 2 rings (SSSR count). The third kappa shape index (κ3) is 3.15. The van der Waals surface area contributed by atoms with Crippen molar-refractivity contribution in [2.24, 2.45) is 0 Å². The van der Waals surface area contributed by atoms with Gasteiger partial charge in [-0.3, -0.25) is 4.79 Å². The second-order valence-electron chi connectivity index (χ2n) is 4.64. The lowest BCUT2D eigenvalue weighted by Crippen LogP contribution is -2.27. The molecular weight excluding hydrogens is 276 g/mol. The van der Waals surface area contributed by atoms with Gasteiger partial charge in [-0.15, -0.1) is 0 Å². The van der Waals surface area contributed by atoms with Gasteiger partial charge in [0.15, 0.2) is 0 Å². The summed E-state index contributed by atoms with van der Waals surface area (Å²) < 4.78 is 25.9. The van der Waals surface area contributed by atoms with Crippen LogP contribution in [-0.4, -0.2) is 24.8 Å². The van der Waals surface area contributed by atoms with Crippen LogP contribution in [0.2, 0.25) is 0 Å². The molecule has 0 unspecified atom stereocenters. The van der Waals surface area contributed by atoms with Crippen molar-refractivity contribution >= 4 is 10.0 Å². The van der Waals surface area contributed by atoms with Gasteiger partial charge in [-0.1, -0.05) is 29.8 Å². The predicted octanol–water partition coefficient (Wildman–Crippen LogP) is 1.50. The predicted molar refractivity (Wildman–Crippen MR) is 76.9 cm³/mol. The number of aromatic nitrogens is 1. The van der Waals surface area contributed by atoms with E-state index in [0.29, 0.717) is 0 Å². The van der Waals surface area contributed by atoms with Gasteiger partial charge >= 0.3 is 0 Å². The van der Waals surface area contributed by atoms with Gasteiger partial charge in [-0.25, -0.2) is 8.42 Å². The maximum Gasteiger partial charge on any atom is 0.247 e. The van der Waals surface area contributed by atoms with Gasteiger partial charge in [0.25, 0.3) is 0 Å². The SMILES string of the molecule is Cc1ccc(CN(C)S(=O)(=O)c2ccc(=O)[nH]c2)cc1. The monoisotopic (exact) mass is 292 g/mol. The standard InChI is InChI=1S/C14H16N2O3S/c1-11-3-5-12(6-4-11)10-16(2)20(18,19)13-7-8-14(17)15-9-13/h3-9H,10H2,1-2H3,(H,15,17). The van der Waals surface area contributed by atoms with E-state index in [1.165, 1.54) is 29.7 Å². The van der Waals surface area contributed by atoms with Crippen LogP contribution in [0.5, 0.6) is 0 Å². The Labute approximate surface area is 117 Å². The smallest absolute Gasteiger partial charge is 0.247 e. The first-order valence-corrected chi connectivity index (χ1v) is 7.54. The van der Waals surface area contributed by atoms with Crippen LogP contribution >= 0.6 is 0 Å². The maximum atomic E-state index is 12.3. The van der Waals surface area contributed by atoms with E-state index in [2.05, 4.69) is 4.98 Å². The Morgan fingerprint density at radius 2 is 1.75 bits per heavy atom. The van der Waals surface area contributed by atoms with Crippen LogP contribution in [0, 0.1) is 6.92 Å². The summed E-state index contributed by atoms with van der Waals surface area (Å²) in [5, 5.41) is 0. The molecule has 20 heavy (non-hydrogen) atoms. The zero-order valence-corrected chi connectivity index (χ0v) is 12.1. The fraction of sp³-hybridized carbons (Fsp3) is 0.214. The van der Waals surface area contributed by atoms with Crippen molar-refractivity contribution in [3.05, 3.63) is 64.1 Å². The van der Waals surface area contributed by atoms with Crippen LogP contribution in [0.15, 0.2) is 52.3 Å².